The molecule has 0 spiro atoms. The van der Waals surface area contributed by atoms with Crippen LogP contribution in [-0.4, -0.2) is 54.5 Å². The Balaban J connectivity index is 1.85. The molecule has 5 nitrogen and oxygen atoms in total. The van der Waals surface area contributed by atoms with Gasteiger partial charge in [-0.2, -0.15) is 5.26 Å². The summed E-state index contributed by atoms with van der Waals surface area (Å²) < 4.78 is 0. The molecular weight excluding hydrogens is 276 g/mol. The van der Waals surface area contributed by atoms with Crippen LogP contribution >= 0.6 is 0 Å². The molecular formula is C17H24N4O. The van der Waals surface area contributed by atoms with Gasteiger partial charge in [-0.3, -0.25) is 9.69 Å². The first kappa shape index (κ1) is 16.5. The third kappa shape index (κ3) is 4.30. The van der Waals surface area contributed by atoms with Gasteiger partial charge in [0, 0.05) is 31.9 Å². The maximum absolute atomic E-state index is 12.3. The van der Waals surface area contributed by atoms with Crippen molar-refractivity contribution < 1.29 is 4.79 Å². The number of hydrogen-bond donors (Lipinski definition) is 1. The van der Waals surface area contributed by atoms with Crippen molar-refractivity contribution in [3.05, 3.63) is 29.8 Å². The molecule has 0 aliphatic carbocycles. The molecule has 1 aliphatic rings. The first-order chi connectivity index (χ1) is 10.6. The Hall–Kier alpha value is -1.90. The van der Waals surface area contributed by atoms with Crippen molar-refractivity contribution >= 4 is 11.6 Å². The van der Waals surface area contributed by atoms with Crippen molar-refractivity contribution in [2.75, 3.05) is 38.0 Å². The first-order valence-electron chi connectivity index (χ1n) is 7.91. The molecule has 22 heavy (non-hydrogen) atoms. The Labute approximate surface area is 132 Å². The monoisotopic (exact) mass is 300 g/mol. The number of piperazine rings is 1. The summed E-state index contributed by atoms with van der Waals surface area (Å²) in [5, 5.41) is 11.7. The molecule has 0 bridgehead atoms. The maximum Gasteiger partial charge on any atom is 0.241 e. The number of amides is 1. The topological polar surface area (TPSA) is 59.4 Å². The van der Waals surface area contributed by atoms with Gasteiger partial charge in [-0.1, -0.05) is 6.92 Å². The molecule has 0 radical (unpaired) electrons. The average Bonchev–Trinajstić information content (AvgIpc) is 2.56. The van der Waals surface area contributed by atoms with Gasteiger partial charge in [-0.15, -0.1) is 0 Å². The van der Waals surface area contributed by atoms with E-state index in [4.69, 9.17) is 5.26 Å². The SMILES string of the molecule is CCCN1CCN([C@@H](C)C(=O)Nc2ccc(C#N)cc2)CC1. The van der Waals surface area contributed by atoms with Crippen LogP contribution in [0.15, 0.2) is 24.3 Å². The van der Waals surface area contributed by atoms with Crippen LogP contribution in [0.4, 0.5) is 5.69 Å². The normalized spacial score (nSPS) is 17.7. The standard InChI is InChI=1S/C17H24N4O/c1-3-8-20-9-11-21(12-10-20)14(2)17(22)19-16-6-4-15(13-18)5-7-16/h4-7,14H,3,8-12H2,1-2H3,(H,19,22)/t14-/m0/s1. The van der Waals surface area contributed by atoms with E-state index in [1.807, 2.05) is 6.92 Å². The Bertz CT molecular complexity index is 527. The Kier molecular flexibility index (Phi) is 5.93. The van der Waals surface area contributed by atoms with E-state index in [1.165, 1.54) is 6.42 Å². The Morgan fingerprint density at radius 3 is 2.45 bits per heavy atom. The highest BCUT2D eigenvalue weighted by atomic mass is 16.2. The van der Waals surface area contributed by atoms with E-state index < -0.39 is 0 Å². The summed E-state index contributed by atoms with van der Waals surface area (Å²) in [6.45, 7) is 9.21. The maximum atomic E-state index is 12.3. The number of anilines is 1. The Morgan fingerprint density at radius 2 is 1.91 bits per heavy atom. The summed E-state index contributed by atoms with van der Waals surface area (Å²) >= 11 is 0. The Morgan fingerprint density at radius 1 is 1.27 bits per heavy atom. The van der Waals surface area contributed by atoms with Crippen LogP contribution < -0.4 is 5.32 Å². The fourth-order valence-electron chi connectivity index (χ4n) is 2.73. The van der Waals surface area contributed by atoms with Crippen molar-refractivity contribution in [1.82, 2.24) is 9.80 Å². The number of nitrogens with one attached hydrogen (secondary N) is 1. The zero-order valence-corrected chi connectivity index (χ0v) is 13.4. The zero-order valence-electron chi connectivity index (χ0n) is 13.4. The molecule has 118 valence electrons. The molecule has 1 N–H and O–H groups in total. The third-order valence-corrected chi connectivity index (χ3v) is 4.16. The molecule has 5 heteroatoms. The van der Waals surface area contributed by atoms with Gasteiger partial charge in [0.05, 0.1) is 17.7 Å². The summed E-state index contributed by atoms with van der Waals surface area (Å²) in [4.78, 5) is 17.0. The quantitative estimate of drug-likeness (QED) is 0.902. The van der Waals surface area contributed by atoms with Crippen molar-refractivity contribution in [3.8, 4) is 6.07 Å². The fourth-order valence-corrected chi connectivity index (χ4v) is 2.73. The van der Waals surface area contributed by atoms with Gasteiger partial charge >= 0.3 is 0 Å². The van der Waals surface area contributed by atoms with Gasteiger partial charge in [-0.25, -0.2) is 0 Å². The van der Waals surface area contributed by atoms with E-state index in [-0.39, 0.29) is 11.9 Å². The lowest BCUT2D eigenvalue weighted by Gasteiger charge is -2.37. The average molecular weight is 300 g/mol. The molecule has 1 amide bonds. The van der Waals surface area contributed by atoms with E-state index in [0.29, 0.717) is 5.56 Å². The van der Waals surface area contributed by atoms with Gasteiger partial charge in [-0.05, 0) is 44.2 Å². The van der Waals surface area contributed by atoms with Crippen LogP contribution in [0.2, 0.25) is 0 Å². The lowest BCUT2D eigenvalue weighted by atomic mass is 10.2. The predicted octanol–water partition coefficient (Wildman–Crippen LogP) is 1.91. The lowest BCUT2D eigenvalue weighted by molar-refractivity contribution is -0.121. The smallest absolute Gasteiger partial charge is 0.241 e. The highest BCUT2D eigenvalue weighted by Crippen LogP contribution is 2.12. The molecule has 1 aromatic rings. The minimum Gasteiger partial charge on any atom is -0.325 e. The molecule has 1 aliphatic heterocycles. The largest absolute Gasteiger partial charge is 0.325 e. The van der Waals surface area contributed by atoms with Crippen molar-refractivity contribution in [2.45, 2.75) is 26.3 Å². The van der Waals surface area contributed by atoms with Crippen LogP contribution in [-0.2, 0) is 4.79 Å². The first-order valence-corrected chi connectivity index (χ1v) is 7.91. The summed E-state index contributed by atoms with van der Waals surface area (Å²) in [7, 11) is 0. The van der Waals surface area contributed by atoms with Crippen molar-refractivity contribution in [1.29, 1.82) is 5.26 Å². The van der Waals surface area contributed by atoms with Crippen LogP contribution in [0.1, 0.15) is 25.8 Å². The summed E-state index contributed by atoms with van der Waals surface area (Å²) in [6, 6.07) is 8.89. The van der Waals surface area contributed by atoms with Crippen molar-refractivity contribution in [3.63, 3.8) is 0 Å². The van der Waals surface area contributed by atoms with E-state index in [2.05, 4.69) is 28.1 Å². The molecule has 1 fully saturated rings. The van der Waals surface area contributed by atoms with Crippen LogP contribution in [0, 0.1) is 11.3 Å². The van der Waals surface area contributed by atoms with Gasteiger partial charge in [0.15, 0.2) is 0 Å². The summed E-state index contributed by atoms with van der Waals surface area (Å²) in [5.41, 5.74) is 1.33. The number of carbonyl (C=O) groups is 1. The number of carbonyl (C=O) groups excluding carboxylic acids is 1. The van der Waals surface area contributed by atoms with Crippen LogP contribution in [0.5, 0.6) is 0 Å². The van der Waals surface area contributed by atoms with E-state index in [1.54, 1.807) is 24.3 Å². The number of nitrogens with zero attached hydrogens (tertiary/aromatic N) is 3. The van der Waals surface area contributed by atoms with Gasteiger partial charge in [0.2, 0.25) is 5.91 Å². The van der Waals surface area contributed by atoms with E-state index >= 15 is 0 Å². The van der Waals surface area contributed by atoms with E-state index in [9.17, 15) is 4.79 Å². The molecule has 1 saturated heterocycles. The van der Waals surface area contributed by atoms with Crippen LogP contribution in [0.25, 0.3) is 0 Å². The second kappa shape index (κ2) is 7.92. The zero-order chi connectivity index (χ0) is 15.9. The van der Waals surface area contributed by atoms with Gasteiger partial charge in [0.25, 0.3) is 0 Å². The highest BCUT2D eigenvalue weighted by Gasteiger charge is 2.25. The molecule has 1 aromatic carbocycles. The van der Waals surface area contributed by atoms with Gasteiger partial charge < -0.3 is 10.2 Å². The van der Waals surface area contributed by atoms with Gasteiger partial charge in [0.1, 0.15) is 0 Å². The minimum atomic E-state index is -0.139. The molecule has 1 atom stereocenters. The predicted molar refractivity (Wildman–Crippen MR) is 87.6 cm³/mol. The van der Waals surface area contributed by atoms with E-state index in [0.717, 1.165) is 38.4 Å². The number of rotatable bonds is 5. The number of nitriles is 1. The highest BCUT2D eigenvalue weighted by molar-refractivity contribution is 5.94. The molecule has 0 aromatic heterocycles. The fraction of sp³-hybridized carbons (Fsp3) is 0.529. The molecule has 2 rings (SSSR count). The minimum absolute atomic E-state index is 0.00801. The van der Waals surface area contributed by atoms with Crippen molar-refractivity contribution in [2.24, 2.45) is 0 Å². The second-order valence-corrected chi connectivity index (χ2v) is 5.73. The lowest BCUT2D eigenvalue weighted by Crippen LogP contribution is -2.52. The number of benzene rings is 1. The molecule has 1 heterocycles. The summed E-state index contributed by atoms with van der Waals surface area (Å²) in [6.07, 6.45) is 1.18. The third-order valence-electron chi connectivity index (χ3n) is 4.16. The number of hydrogen-bond acceptors (Lipinski definition) is 4. The molecule has 0 saturated carbocycles. The summed E-state index contributed by atoms with van der Waals surface area (Å²) in [5.74, 6) is 0.00801. The molecule has 0 unspecified atom stereocenters. The second-order valence-electron chi connectivity index (χ2n) is 5.73. The van der Waals surface area contributed by atoms with Crippen LogP contribution in [0.3, 0.4) is 0 Å².